The Bertz CT molecular complexity index is 744. The summed E-state index contributed by atoms with van der Waals surface area (Å²) in [6.45, 7) is 6.60. The van der Waals surface area contributed by atoms with Gasteiger partial charge in [-0.3, -0.25) is 4.79 Å². The predicted molar refractivity (Wildman–Crippen MR) is 108 cm³/mol. The van der Waals surface area contributed by atoms with E-state index in [1.165, 1.54) is 5.56 Å². The highest BCUT2D eigenvalue weighted by Gasteiger charge is 2.18. The number of pyridine rings is 1. The Hall–Kier alpha value is -2.05. The Morgan fingerprint density at radius 3 is 2.69 bits per heavy atom. The first-order chi connectivity index (χ1) is 12.6. The van der Waals surface area contributed by atoms with Crippen molar-refractivity contribution in [3.63, 3.8) is 0 Å². The topological polar surface area (TPSA) is 48.5 Å². The van der Waals surface area contributed by atoms with E-state index >= 15 is 0 Å². The number of carbonyl (C=O) groups excluding carboxylic acids is 1. The maximum absolute atomic E-state index is 12.3. The van der Waals surface area contributed by atoms with Crippen LogP contribution in [0, 0.1) is 6.92 Å². The number of aryl methyl sites for hydroxylation is 1. The summed E-state index contributed by atoms with van der Waals surface area (Å²) in [6, 6.07) is 12.1. The van der Waals surface area contributed by atoms with Crippen molar-refractivity contribution in [2.24, 2.45) is 0 Å². The van der Waals surface area contributed by atoms with Gasteiger partial charge in [0, 0.05) is 49.4 Å². The second kappa shape index (κ2) is 9.05. The van der Waals surface area contributed by atoms with Crippen molar-refractivity contribution in [1.29, 1.82) is 0 Å². The maximum atomic E-state index is 12.3. The smallest absolute Gasteiger partial charge is 0.230 e. The Labute approximate surface area is 159 Å². The van der Waals surface area contributed by atoms with Crippen LogP contribution in [0.15, 0.2) is 47.5 Å². The average Bonchev–Trinajstić information content (AvgIpc) is 2.67. The lowest BCUT2D eigenvalue weighted by atomic mass is 10.2. The van der Waals surface area contributed by atoms with Crippen molar-refractivity contribution >= 4 is 23.5 Å². The second-order valence-corrected chi connectivity index (χ2v) is 7.62. The number of piperazine rings is 1. The zero-order valence-corrected chi connectivity index (χ0v) is 16.3. The standard InChI is InChI=1S/C20H26N4OS/c1-16-6-3-4-8-18(16)26-15-19(25)22-14-17-7-5-9-21-20(17)24-12-10-23(2)11-13-24/h3-9H,10-15H2,1-2H3,(H,22,25). The molecule has 1 aliphatic rings. The highest BCUT2D eigenvalue weighted by Crippen LogP contribution is 2.22. The van der Waals surface area contributed by atoms with Crippen molar-refractivity contribution in [2.75, 3.05) is 43.9 Å². The Balaban J connectivity index is 1.54. The number of thioether (sulfide) groups is 1. The van der Waals surface area contributed by atoms with Crippen molar-refractivity contribution in [1.82, 2.24) is 15.2 Å². The lowest BCUT2D eigenvalue weighted by Crippen LogP contribution is -2.45. The molecule has 3 rings (SSSR count). The van der Waals surface area contributed by atoms with E-state index in [0.29, 0.717) is 12.3 Å². The number of benzene rings is 1. The van der Waals surface area contributed by atoms with Crippen LogP contribution in [0.1, 0.15) is 11.1 Å². The number of anilines is 1. The number of nitrogens with zero attached hydrogens (tertiary/aromatic N) is 3. The lowest BCUT2D eigenvalue weighted by Gasteiger charge is -2.34. The molecule has 1 amide bonds. The third-order valence-corrected chi connectivity index (χ3v) is 5.77. The quantitative estimate of drug-likeness (QED) is 0.792. The van der Waals surface area contributed by atoms with E-state index < -0.39 is 0 Å². The average molecular weight is 371 g/mol. The van der Waals surface area contributed by atoms with Gasteiger partial charge in [-0.2, -0.15) is 0 Å². The van der Waals surface area contributed by atoms with Gasteiger partial charge in [-0.15, -0.1) is 11.8 Å². The normalized spacial score (nSPS) is 15.1. The summed E-state index contributed by atoms with van der Waals surface area (Å²) in [5.41, 5.74) is 2.28. The molecule has 1 aromatic heterocycles. The first kappa shape index (κ1) is 18.7. The minimum Gasteiger partial charge on any atom is -0.354 e. The summed E-state index contributed by atoms with van der Waals surface area (Å²) < 4.78 is 0. The number of likely N-dealkylation sites (N-methyl/N-ethyl adjacent to an activating group) is 1. The fourth-order valence-corrected chi connectivity index (χ4v) is 3.84. The third kappa shape index (κ3) is 4.99. The molecule has 5 nitrogen and oxygen atoms in total. The van der Waals surface area contributed by atoms with Gasteiger partial charge in [0.05, 0.1) is 5.75 Å². The number of nitrogens with one attached hydrogen (secondary N) is 1. The molecular weight excluding hydrogens is 344 g/mol. The van der Waals surface area contributed by atoms with Gasteiger partial charge in [0.15, 0.2) is 0 Å². The van der Waals surface area contributed by atoms with Crippen molar-refractivity contribution in [3.8, 4) is 0 Å². The monoisotopic (exact) mass is 370 g/mol. The molecule has 0 atom stereocenters. The lowest BCUT2D eigenvalue weighted by molar-refractivity contribution is -0.118. The van der Waals surface area contributed by atoms with Gasteiger partial charge in [-0.25, -0.2) is 4.98 Å². The van der Waals surface area contributed by atoms with E-state index in [2.05, 4.69) is 52.3 Å². The van der Waals surface area contributed by atoms with E-state index in [4.69, 9.17) is 0 Å². The molecule has 1 aliphatic heterocycles. The SMILES string of the molecule is Cc1ccccc1SCC(=O)NCc1cccnc1N1CCN(C)CC1. The highest BCUT2D eigenvalue weighted by molar-refractivity contribution is 8.00. The van der Waals surface area contributed by atoms with E-state index in [1.54, 1.807) is 11.8 Å². The Morgan fingerprint density at radius 1 is 1.15 bits per heavy atom. The molecule has 1 aromatic carbocycles. The van der Waals surface area contributed by atoms with Gasteiger partial charge < -0.3 is 15.1 Å². The summed E-state index contributed by atoms with van der Waals surface area (Å²) in [5.74, 6) is 1.47. The molecule has 0 spiro atoms. The third-order valence-electron chi connectivity index (χ3n) is 4.60. The van der Waals surface area contributed by atoms with Gasteiger partial charge in [0.2, 0.25) is 5.91 Å². The van der Waals surface area contributed by atoms with Crippen LogP contribution >= 0.6 is 11.8 Å². The molecule has 0 radical (unpaired) electrons. The minimum atomic E-state index is 0.0476. The van der Waals surface area contributed by atoms with Gasteiger partial charge in [-0.05, 0) is 31.7 Å². The highest BCUT2D eigenvalue weighted by atomic mass is 32.2. The van der Waals surface area contributed by atoms with E-state index in [0.717, 1.165) is 42.5 Å². The van der Waals surface area contributed by atoms with E-state index in [1.807, 2.05) is 24.4 Å². The van der Waals surface area contributed by atoms with Crippen LogP contribution in [-0.4, -0.2) is 54.8 Å². The van der Waals surface area contributed by atoms with Crippen LogP contribution in [0.5, 0.6) is 0 Å². The maximum Gasteiger partial charge on any atom is 0.230 e. The van der Waals surface area contributed by atoms with Gasteiger partial charge in [0.25, 0.3) is 0 Å². The minimum absolute atomic E-state index is 0.0476. The molecular formula is C20H26N4OS. The molecule has 2 heterocycles. The zero-order valence-electron chi connectivity index (χ0n) is 15.4. The Morgan fingerprint density at radius 2 is 1.92 bits per heavy atom. The fraction of sp³-hybridized carbons (Fsp3) is 0.400. The van der Waals surface area contributed by atoms with Crippen LogP contribution in [0.4, 0.5) is 5.82 Å². The van der Waals surface area contributed by atoms with Gasteiger partial charge in [0.1, 0.15) is 5.82 Å². The van der Waals surface area contributed by atoms with Crippen LogP contribution in [0.25, 0.3) is 0 Å². The number of hydrogen-bond donors (Lipinski definition) is 1. The van der Waals surface area contributed by atoms with Gasteiger partial charge in [-0.1, -0.05) is 24.3 Å². The summed E-state index contributed by atoms with van der Waals surface area (Å²) >= 11 is 1.58. The number of carbonyl (C=O) groups is 1. The Kier molecular flexibility index (Phi) is 6.52. The van der Waals surface area contributed by atoms with Crippen molar-refractivity contribution in [2.45, 2.75) is 18.4 Å². The largest absolute Gasteiger partial charge is 0.354 e. The first-order valence-corrected chi connectivity index (χ1v) is 9.94. The number of amides is 1. The molecule has 1 saturated heterocycles. The van der Waals surface area contributed by atoms with Crippen LogP contribution in [0.2, 0.25) is 0 Å². The fourth-order valence-electron chi connectivity index (χ4n) is 2.98. The number of aromatic nitrogens is 1. The summed E-state index contributed by atoms with van der Waals surface area (Å²) in [5, 5.41) is 3.04. The van der Waals surface area contributed by atoms with Gasteiger partial charge >= 0.3 is 0 Å². The predicted octanol–water partition coefficient (Wildman–Crippen LogP) is 2.55. The van der Waals surface area contributed by atoms with Crippen molar-refractivity contribution < 1.29 is 4.79 Å². The number of hydrogen-bond acceptors (Lipinski definition) is 5. The molecule has 6 heteroatoms. The molecule has 1 N–H and O–H groups in total. The molecule has 1 fully saturated rings. The zero-order chi connectivity index (χ0) is 18.4. The van der Waals surface area contributed by atoms with Crippen LogP contribution in [-0.2, 0) is 11.3 Å². The molecule has 0 bridgehead atoms. The number of rotatable bonds is 6. The van der Waals surface area contributed by atoms with Crippen LogP contribution in [0.3, 0.4) is 0 Å². The first-order valence-electron chi connectivity index (χ1n) is 8.96. The molecule has 0 aliphatic carbocycles. The molecule has 0 saturated carbocycles. The molecule has 138 valence electrons. The van der Waals surface area contributed by atoms with E-state index in [-0.39, 0.29) is 5.91 Å². The molecule has 26 heavy (non-hydrogen) atoms. The van der Waals surface area contributed by atoms with Crippen molar-refractivity contribution in [3.05, 3.63) is 53.7 Å². The second-order valence-electron chi connectivity index (χ2n) is 6.61. The summed E-state index contributed by atoms with van der Waals surface area (Å²) in [6.07, 6.45) is 1.83. The molecule has 0 unspecified atom stereocenters. The summed E-state index contributed by atoms with van der Waals surface area (Å²) in [4.78, 5) is 22.6. The summed E-state index contributed by atoms with van der Waals surface area (Å²) in [7, 11) is 2.14. The molecule has 2 aromatic rings. The van der Waals surface area contributed by atoms with E-state index in [9.17, 15) is 4.79 Å². The van der Waals surface area contributed by atoms with Crippen LogP contribution < -0.4 is 10.2 Å².